The van der Waals surface area contributed by atoms with Gasteiger partial charge in [0, 0.05) is 57.0 Å². The number of nitrogens with one attached hydrogen (secondary N) is 1. The van der Waals surface area contributed by atoms with Gasteiger partial charge in [-0.05, 0) is 55.8 Å². The Bertz CT molecular complexity index is 1150. The number of non-ortho nitro benzene ring substituents is 1. The van der Waals surface area contributed by atoms with Gasteiger partial charge in [0.25, 0.3) is 17.4 Å². The molecule has 2 aromatic rings. The van der Waals surface area contributed by atoms with E-state index in [-0.39, 0.29) is 29.7 Å². The second-order valence-corrected chi connectivity index (χ2v) is 9.12. The van der Waals surface area contributed by atoms with Crippen LogP contribution in [0.1, 0.15) is 31.0 Å². The molecule has 0 bridgehead atoms. The summed E-state index contributed by atoms with van der Waals surface area (Å²) >= 11 is 0. The molecule has 2 N–H and O–H groups in total. The number of rotatable bonds is 8. The van der Waals surface area contributed by atoms with Crippen LogP contribution in [0.5, 0.6) is 5.75 Å². The molecular formula is C26H30N4O6. The average Bonchev–Trinajstić information content (AvgIpc) is 3.12. The van der Waals surface area contributed by atoms with E-state index >= 15 is 0 Å². The minimum atomic E-state index is -0.861. The zero-order valence-corrected chi connectivity index (χ0v) is 20.3. The van der Waals surface area contributed by atoms with Gasteiger partial charge in [-0.15, -0.1) is 0 Å². The molecule has 190 valence electrons. The van der Waals surface area contributed by atoms with E-state index in [1.54, 1.807) is 24.3 Å². The lowest BCUT2D eigenvalue weighted by Crippen LogP contribution is -2.46. The number of nitrogens with zero attached hydrogens (tertiary/aromatic N) is 3. The number of aliphatic hydroxyl groups is 1. The van der Waals surface area contributed by atoms with E-state index in [1.165, 1.54) is 29.2 Å². The quantitative estimate of drug-likeness (QED) is 0.189. The molecule has 1 amide bonds. The maximum Gasteiger partial charge on any atom is 0.295 e. The number of piperazine rings is 1. The van der Waals surface area contributed by atoms with Gasteiger partial charge in [0.15, 0.2) is 0 Å². The lowest BCUT2D eigenvalue weighted by Gasteiger charge is -2.31. The molecular weight excluding hydrogens is 464 g/mol. The van der Waals surface area contributed by atoms with E-state index in [2.05, 4.69) is 10.2 Å². The van der Waals surface area contributed by atoms with E-state index in [0.717, 1.165) is 26.2 Å². The van der Waals surface area contributed by atoms with Gasteiger partial charge in [0.05, 0.1) is 22.6 Å². The lowest BCUT2D eigenvalue weighted by atomic mass is 9.95. The van der Waals surface area contributed by atoms with Crippen molar-refractivity contribution in [2.24, 2.45) is 0 Å². The fourth-order valence-electron chi connectivity index (χ4n) is 4.54. The molecule has 2 saturated heterocycles. The largest absolute Gasteiger partial charge is 0.507 e. The van der Waals surface area contributed by atoms with Crippen molar-refractivity contribution in [3.05, 3.63) is 75.3 Å². The van der Waals surface area contributed by atoms with Gasteiger partial charge in [-0.3, -0.25) is 24.6 Å². The molecule has 2 fully saturated rings. The third kappa shape index (κ3) is 5.39. The summed E-state index contributed by atoms with van der Waals surface area (Å²) in [7, 11) is 0. The molecule has 4 rings (SSSR count). The number of carbonyl (C=O) groups is 2. The van der Waals surface area contributed by atoms with Crippen molar-refractivity contribution in [3.63, 3.8) is 0 Å². The summed E-state index contributed by atoms with van der Waals surface area (Å²) in [6.07, 6.45) is -0.0207. The second-order valence-electron chi connectivity index (χ2n) is 9.12. The summed E-state index contributed by atoms with van der Waals surface area (Å²) in [6, 6.07) is 11.5. The highest BCUT2D eigenvalue weighted by Gasteiger charge is 2.46. The number of benzene rings is 2. The van der Waals surface area contributed by atoms with Gasteiger partial charge < -0.3 is 20.1 Å². The van der Waals surface area contributed by atoms with E-state index in [0.29, 0.717) is 23.4 Å². The average molecular weight is 495 g/mol. The third-order valence-electron chi connectivity index (χ3n) is 6.33. The molecule has 0 aromatic heterocycles. The highest BCUT2D eigenvalue weighted by atomic mass is 16.6. The van der Waals surface area contributed by atoms with Gasteiger partial charge >= 0.3 is 0 Å². The monoisotopic (exact) mass is 494 g/mol. The Morgan fingerprint density at radius 2 is 1.72 bits per heavy atom. The highest BCUT2D eigenvalue weighted by Crippen LogP contribution is 2.40. The zero-order valence-electron chi connectivity index (χ0n) is 20.3. The van der Waals surface area contributed by atoms with Gasteiger partial charge in [-0.2, -0.15) is 0 Å². The second kappa shape index (κ2) is 10.9. The van der Waals surface area contributed by atoms with Crippen LogP contribution in [0.15, 0.2) is 54.1 Å². The topological polar surface area (TPSA) is 125 Å². The number of ether oxygens (including phenoxy) is 1. The van der Waals surface area contributed by atoms with Gasteiger partial charge in [-0.25, -0.2) is 0 Å². The van der Waals surface area contributed by atoms with Crippen LogP contribution < -0.4 is 10.1 Å². The first kappa shape index (κ1) is 25.3. The molecule has 2 aromatic carbocycles. The van der Waals surface area contributed by atoms with Crippen LogP contribution in [-0.2, 0) is 9.59 Å². The maximum atomic E-state index is 13.2. The predicted molar refractivity (Wildman–Crippen MR) is 134 cm³/mol. The van der Waals surface area contributed by atoms with Crippen LogP contribution >= 0.6 is 0 Å². The number of Topliss-reactive ketones (excluding diaryl/α,β-unsaturated/α-hetero) is 1. The smallest absolute Gasteiger partial charge is 0.295 e. The van der Waals surface area contributed by atoms with Crippen molar-refractivity contribution in [1.29, 1.82) is 0 Å². The molecule has 10 nitrogen and oxygen atoms in total. The summed E-state index contributed by atoms with van der Waals surface area (Å²) in [5.41, 5.74) is 0.753. The van der Waals surface area contributed by atoms with Gasteiger partial charge in [-0.1, -0.05) is 0 Å². The molecule has 1 atom stereocenters. The van der Waals surface area contributed by atoms with E-state index in [9.17, 15) is 24.8 Å². The van der Waals surface area contributed by atoms with Gasteiger partial charge in [0.2, 0.25) is 0 Å². The van der Waals surface area contributed by atoms with Crippen LogP contribution in [0.4, 0.5) is 5.69 Å². The standard InChI is InChI=1S/C26H30N4O6/c1-17(2)36-21-9-5-19(6-10-21)24(31)22-23(18-3-7-20(8-4-18)30(34)35)29(26(33)25(22)32)16-15-28-13-11-27-12-14-28/h3-10,17,23,27,31H,11-16H2,1-2H3/b24-22+/t23-/m1/s1. The molecule has 2 heterocycles. The number of likely N-dealkylation sites (tertiary alicyclic amines) is 1. The van der Waals surface area contributed by atoms with E-state index in [1.807, 2.05) is 13.8 Å². The molecule has 10 heteroatoms. The van der Waals surface area contributed by atoms with E-state index in [4.69, 9.17) is 4.74 Å². The normalized spacial score (nSPS) is 20.2. The Morgan fingerprint density at radius 1 is 1.08 bits per heavy atom. The summed E-state index contributed by atoms with van der Waals surface area (Å²) < 4.78 is 5.65. The Morgan fingerprint density at radius 3 is 2.31 bits per heavy atom. The fraction of sp³-hybridized carbons (Fsp3) is 0.385. The summed E-state index contributed by atoms with van der Waals surface area (Å²) in [4.78, 5) is 40.6. The Balaban J connectivity index is 1.71. The molecule has 0 spiro atoms. The third-order valence-corrected chi connectivity index (χ3v) is 6.33. The van der Waals surface area contributed by atoms with Crippen molar-refractivity contribution in [2.45, 2.75) is 26.0 Å². The molecule has 0 saturated carbocycles. The first-order chi connectivity index (χ1) is 17.3. The van der Waals surface area contributed by atoms with Crippen molar-refractivity contribution >= 4 is 23.1 Å². The molecule has 0 radical (unpaired) electrons. The minimum absolute atomic E-state index is 0.0207. The minimum Gasteiger partial charge on any atom is -0.507 e. The van der Waals surface area contributed by atoms with Crippen LogP contribution in [0, 0.1) is 10.1 Å². The summed E-state index contributed by atoms with van der Waals surface area (Å²) in [6.45, 7) is 8.01. The first-order valence-electron chi connectivity index (χ1n) is 12.0. The van der Waals surface area contributed by atoms with Crippen LogP contribution in [-0.4, -0.2) is 76.9 Å². The number of nitro groups is 1. The number of aliphatic hydroxyl groups excluding tert-OH is 1. The zero-order chi connectivity index (χ0) is 25.8. The van der Waals surface area contributed by atoms with Crippen molar-refractivity contribution in [2.75, 3.05) is 39.3 Å². The van der Waals surface area contributed by atoms with Crippen molar-refractivity contribution in [3.8, 4) is 5.75 Å². The van der Waals surface area contributed by atoms with Crippen molar-refractivity contribution in [1.82, 2.24) is 15.1 Å². The molecule has 2 aliphatic heterocycles. The van der Waals surface area contributed by atoms with Crippen LogP contribution in [0.25, 0.3) is 5.76 Å². The fourth-order valence-corrected chi connectivity index (χ4v) is 4.54. The number of nitro benzene ring substituents is 1. The molecule has 0 unspecified atom stereocenters. The number of carbonyl (C=O) groups excluding carboxylic acids is 2. The Labute approximate surface area is 209 Å². The van der Waals surface area contributed by atoms with E-state index < -0.39 is 22.7 Å². The van der Waals surface area contributed by atoms with Gasteiger partial charge in [0.1, 0.15) is 11.5 Å². The Hall–Kier alpha value is -3.76. The lowest BCUT2D eigenvalue weighted by molar-refractivity contribution is -0.384. The Kier molecular flexibility index (Phi) is 7.66. The number of ketones is 1. The van der Waals surface area contributed by atoms with Crippen LogP contribution in [0.3, 0.4) is 0 Å². The number of hydrogen-bond acceptors (Lipinski definition) is 8. The molecule has 0 aliphatic carbocycles. The van der Waals surface area contributed by atoms with Crippen molar-refractivity contribution < 1.29 is 24.4 Å². The first-order valence-corrected chi connectivity index (χ1v) is 12.0. The SMILES string of the molecule is CC(C)Oc1ccc(/C(O)=C2\C(=O)C(=O)N(CCN3CCNCC3)[C@@H]2c2ccc([N+](=O)[O-])cc2)cc1. The number of hydrogen-bond donors (Lipinski definition) is 2. The summed E-state index contributed by atoms with van der Waals surface area (Å²) in [5, 5.41) is 25.6. The molecule has 2 aliphatic rings. The molecule has 36 heavy (non-hydrogen) atoms. The predicted octanol–water partition coefficient (Wildman–Crippen LogP) is 2.71. The highest BCUT2D eigenvalue weighted by molar-refractivity contribution is 6.46. The number of amides is 1. The van der Waals surface area contributed by atoms with Crippen LogP contribution in [0.2, 0.25) is 0 Å². The maximum absolute atomic E-state index is 13.2. The summed E-state index contributed by atoms with van der Waals surface area (Å²) in [5.74, 6) is -1.16.